The summed E-state index contributed by atoms with van der Waals surface area (Å²) in [5, 5.41) is 3.57. The second-order valence-corrected chi connectivity index (χ2v) is 8.43. The number of piperidine rings is 1. The van der Waals surface area contributed by atoms with Crippen molar-refractivity contribution in [2.24, 2.45) is 5.92 Å². The van der Waals surface area contributed by atoms with Crippen molar-refractivity contribution < 1.29 is 14.0 Å². The van der Waals surface area contributed by atoms with Gasteiger partial charge in [0.15, 0.2) is 0 Å². The Balaban J connectivity index is 1.65. The lowest BCUT2D eigenvalue weighted by Crippen LogP contribution is -2.53. The van der Waals surface area contributed by atoms with Crippen molar-refractivity contribution in [3.63, 3.8) is 0 Å². The van der Waals surface area contributed by atoms with Crippen LogP contribution in [0.2, 0.25) is 5.02 Å². The molecule has 1 fully saturated rings. The number of hydrogen-bond donors (Lipinski definition) is 1. The molecule has 2 amide bonds. The van der Waals surface area contributed by atoms with Crippen LogP contribution in [-0.2, 0) is 4.79 Å². The highest BCUT2D eigenvalue weighted by atomic mass is 35.5. The molecule has 0 aromatic heterocycles. The molecular weight excluding hydrogens is 403 g/mol. The SMILES string of the molecule is CC[C@@H](C)[C@@H](NC(=O)c1cccc(F)c1)C(=O)N1CCC(c2ccc(Cl)cc2)CC1. The van der Waals surface area contributed by atoms with Crippen molar-refractivity contribution in [2.45, 2.75) is 45.1 Å². The number of amides is 2. The van der Waals surface area contributed by atoms with E-state index in [1.807, 2.05) is 43.0 Å². The third-order valence-electron chi connectivity index (χ3n) is 6.00. The number of rotatable bonds is 6. The number of carbonyl (C=O) groups is 2. The number of nitrogens with zero attached hydrogens (tertiary/aromatic N) is 1. The molecule has 0 bridgehead atoms. The summed E-state index contributed by atoms with van der Waals surface area (Å²) >= 11 is 5.98. The van der Waals surface area contributed by atoms with Crippen LogP contribution in [0.25, 0.3) is 0 Å². The molecule has 3 rings (SSSR count). The van der Waals surface area contributed by atoms with Gasteiger partial charge in [-0.3, -0.25) is 9.59 Å². The Morgan fingerprint density at radius 3 is 2.43 bits per heavy atom. The zero-order valence-electron chi connectivity index (χ0n) is 17.4. The summed E-state index contributed by atoms with van der Waals surface area (Å²) in [7, 11) is 0. The molecule has 30 heavy (non-hydrogen) atoms. The lowest BCUT2D eigenvalue weighted by atomic mass is 9.88. The van der Waals surface area contributed by atoms with Crippen molar-refractivity contribution in [2.75, 3.05) is 13.1 Å². The number of benzene rings is 2. The lowest BCUT2D eigenvalue weighted by molar-refractivity contribution is -0.135. The van der Waals surface area contributed by atoms with Gasteiger partial charge in [-0.25, -0.2) is 4.39 Å². The van der Waals surface area contributed by atoms with E-state index in [9.17, 15) is 14.0 Å². The van der Waals surface area contributed by atoms with Gasteiger partial charge in [0.2, 0.25) is 5.91 Å². The van der Waals surface area contributed by atoms with Crippen LogP contribution < -0.4 is 5.32 Å². The smallest absolute Gasteiger partial charge is 0.252 e. The zero-order chi connectivity index (χ0) is 21.7. The molecule has 1 heterocycles. The summed E-state index contributed by atoms with van der Waals surface area (Å²) in [4.78, 5) is 27.7. The standard InChI is InChI=1S/C24H28ClFN2O2/c1-3-16(2)22(27-23(29)19-5-4-6-21(26)15-19)24(30)28-13-11-18(12-14-28)17-7-9-20(25)10-8-17/h4-10,15-16,18,22H,3,11-14H2,1-2H3,(H,27,29)/t16-,22-/m1/s1. The molecular formula is C24H28ClFN2O2. The van der Waals surface area contributed by atoms with Crippen LogP contribution in [0.4, 0.5) is 4.39 Å². The van der Waals surface area contributed by atoms with Crippen LogP contribution >= 0.6 is 11.6 Å². The average Bonchev–Trinajstić information content (AvgIpc) is 2.77. The van der Waals surface area contributed by atoms with Crippen LogP contribution in [-0.4, -0.2) is 35.8 Å². The molecule has 2 aromatic carbocycles. The maximum absolute atomic E-state index is 13.5. The van der Waals surface area contributed by atoms with Crippen LogP contribution in [0.3, 0.4) is 0 Å². The van der Waals surface area contributed by atoms with Gasteiger partial charge in [-0.05, 0) is 60.6 Å². The van der Waals surface area contributed by atoms with E-state index in [0.29, 0.717) is 19.0 Å². The van der Waals surface area contributed by atoms with Crippen LogP contribution in [0.1, 0.15) is 54.9 Å². The molecule has 0 unspecified atom stereocenters. The first-order chi connectivity index (χ1) is 14.4. The van der Waals surface area contributed by atoms with Gasteiger partial charge in [-0.1, -0.05) is 50.1 Å². The number of carbonyl (C=O) groups excluding carboxylic acids is 2. The summed E-state index contributed by atoms with van der Waals surface area (Å²) in [5.74, 6) is -0.592. The van der Waals surface area contributed by atoms with Gasteiger partial charge in [0.05, 0.1) is 0 Å². The van der Waals surface area contributed by atoms with E-state index in [0.717, 1.165) is 24.3 Å². The highest BCUT2D eigenvalue weighted by Gasteiger charge is 2.32. The number of nitrogens with one attached hydrogen (secondary N) is 1. The van der Waals surface area contributed by atoms with Gasteiger partial charge >= 0.3 is 0 Å². The predicted molar refractivity (Wildman–Crippen MR) is 117 cm³/mol. The van der Waals surface area contributed by atoms with E-state index in [1.165, 1.54) is 23.8 Å². The van der Waals surface area contributed by atoms with Crippen molar-refractivity contribution in [1.29, 1.82) is 0 Å². The molecule has 2 aromatic rings. The largest absolute Gasteiger partial charge is 0.341 e. The Kier molecular flexibility index (Phi) is 7.48. The first-order valence-electron chi connectivity index (χ1n) is 10.5. The highest BCUT2D eigenvalue weighted by Crippen LogP contribution is 2.29. The Hall–Kier alpha value is -2.40. The molecule has 160 valence electrons. The lowest BCUT2D eigenvalue weighted by Gasteiger charge is -2.36. The molecule has 4 nitrogen and oxygen atoms in total. The van der Waals surface area contributed by atoms with E-state index in [2.05, 4.69) is 5.32 Å². The summed E-state index contributed by atoms with van der Waals surface area (Å²) in [6.07, 6.45) is 2.50. The summed E-state index contributed by atoms with van der Waals surface area (Å²) in [5.41, 5.74) is 1.46. The van der Waals surface area contributed by atoms with Gasteiger partial charge < -0.3 is 10.2 Å². The maximum Gasteiger partial charge on any atom is 0.252 e. The maximum atomic E-state index is 13.5. The van der Waals surface area contributed by atoms with Gasteiger partial charge in [0, 0.05) is 23.7 Å². The minimum atomic E-state index is -0.627. The van der Waals surface area contributed by atoms with Gasteiger partial charge in [-0.15, -0.1) is 0 Å². The number of hydrogen-bond acceptors (Lipinski definition) is 2. The molecule has 0 radical (unpaired) electrons. The van der Waals surface area contributed by atoms with Crippen molar-refractivity contribution in [1.82, 2.24) is 10.2 Å². The zero-order valence-corrected chi connectivity index (χ0v) is 18.2. The molecule has 0 spiro atoms. The van der Waals surface area contributed by atoms with Crippen LogP contribution in [0, 0.1) is 11.7 Å². The number of likely N-dealkylation sites (tertiary alicyclic amines) is 1. The first kappa shape index (κ1) is 22.3. The molecule has 1 saturated heterocycles. The van der Waals surface area contributed by atoms with Crippen molar-refractivity contribution >= 4 is 23.4 Å². The Morgan fingerprint density at radius 2 is 1.83 bits per heavy atom. The molecule has 6 heteroatoms. The second-order valence-electron chi connectivity index (χ2n) is 8.00. The predicted octanol–water partition coefficient (Wildman–Crippen LogP) is 5.03. The van der Waals surface area contributed by atoms with Crippen LogP contribution in [0.15, 0.2) is 48.5 Å². The fraction of sp³-hybridized carbons (Fsp3) is 0.417. The molecule has 1 aliphatic rings. The highest BCUT2D eigenvalue weighted by molar-refractivity contribution is 6.30. The normalized spacial score (nSPS) is 16.7. The van der Waals surface area contributed by atoms with Gasteiger partial charge in [0.25, 0.3) is 5.91 Å². The van der Waals surface area contributed by atoms with Crippen LogP contribution in [0.5, 0.6) is 0 Å². The minimum Gasteiger partial charge on any atom is -0.341 e. The summed E-state index contributed by atoms with van der Waals surface area (Å²) < 4.78 is 13.5. The van der Waals surface area contributed by atoms with E-state index < -0.39 is 17.8 Å². The second kappa shape index (κ2) is 10.1. The average molecular weight is 431 g/mol. The van der Waals surface area contributed by atoms with Gasteiger partial charge in [0.1, 0.15) is 11.9 Å². The Bertz CT molecular complexity index is 879. The fourth-order valence-corrected chi connectivity index (χ4v) is 4.03. The van der Waals surface area contributed by atoms with E-state index in [1.54, 1.807) is 6.07 Å². The first-order valence-corrected chi connectivity index (χ1v) is 10.9. The molecule has 1 aliphatic heterocycles. The van der Waals surface area contributed by atoms with Crippen molar-refractivity contribution in [3.05, 3.63) is 70.5 Å². The molecule has 0 saturated carbocycles. The Morgan fingerprint density at radius 1 is 1.17 bits per heavy atom. The van der Waals surface area contributed by atoms with Gasteiger partial charge in [-0.2, -0.15) is 0 Å². The third kappa shape index (κ3) is 5.39. The quantitative estimate of drug-likeness (QED) is 0.698. The Labute approximate surface area is 182 Å². The van der Waals surface area contributed by atoms with Crippen molar-refractivity contribution in [3.8, 4) is 0 Å². The molecule has 2 atom stereocenters. The minimum absolute atomic E-state index is 0.0241. The van der Waals surface area contributed by atoms with E-state index >= 15 is 0 Å². The topological polar surface area (TPSA) is 49.4 Å². The summed E-state index contributed by atoms with van der Waals surface area (Å²) in [6, 6.07) is 12.8. The summed E-state index contributed by atoms with van der Waals surface area (Å²) in [6.45, 7) is 5.24. The monoisotopic (exact) mass is 430 g/mol. The van der Waals surface area contributed by atoms with E-state index in [4.69, 9.17) is 11.6 Å². The molecule has 1 N–H and O–H groups in total. The fourth-order valence-electron chi connectivity index (χ4n) is 3.90. The number of halogens is 2. The van der Waals surface area contributed by atoms with E-state index in [-0.39, 0.29) is 17.4 Å². The third-order valence-corrected chi connectivity index (χ3v) is 6.25. The molecule has 0 aliphatic carbocycles.